The number of nitrogens with zero attached hydrogens (tertiary/aromatic N) is 2. The van der Waals surface area contributed by atoms with Gasteiger partial charge in [0.25, 0.3) is 5.91 Å². The Morgan fingerprint density at radius 1 is 1.15 bits per heavy atom. The Balaban J connectivity index is 1.93. The summed E-state index contributed by atoms with van der Waals surface area (Å²) in [4.78, 5) is 20.0. The van der Waals surface area contributed by atoms with Gasteiger partial charge in [-0.3, -0.25) is 9.52 Å². The van der Waals surface area contributed by atoms with E-state index in [1.807, 2.05) is 13.0 Å². The van der Waals surface area contributed by atoms with Crippen LogP contribution in [0, 0.1) is 0 Å². The van der Waals surface area contributed by atoms with Crippen molar-refractivity contribution in [2.75, 3.05) is 16.3 Å². The summed E-state index contributed by atoms with van der Waals surface area (Å²) >= 11 is 0. The minimum absolute atomic E-state index is 0.179. The molecule has 9 heteroatoms. The second kappa shape index (κ2) is 7.20. The van der Waals surface area contributed by atoms with Crippen molar-refractivity contribution in [3.63, 3.8) is 0 Å². The monoisotopic (exact) mass is 385 g/mol. The van der Waals surface area contributed by atoms with Gasteiger partial charge in [0, 0.05) is 11.1 Å². The number of amides is 1. The summed E-state index contributed by atoms with van der Waals surface area (Å²) in [6.45, 7) is 1.92. The van der Waals surface area contributed by atoms with Gasteiger partial charge in [-0.25, -0.2) is 18.4 Å². The largest absolute Gasteiger partial charge is 0.366 e. The van der Waals surface area contributed by atoms with Crippen LogP contribution in [0.15, 0.2) is 48.8 Å². The number of carbonyl (C=O) groups is 1. The Morgan fingerprint density at radius 3 is 2.59 bits per heavy atom. The van der Waals surface area contributed by atoms with E-state index < -0.39 is 15.9 Å². The predicted octanol–water partition coefficient (Wildman–Crippen LogP) is 2.27. The van der Waals surface area contributed by atoms with Gasteiger partial charge in [0.15, 0.2) is 0 Å². The highest BCUT2D eigenvalue weighted by atomic mass is 32.2. The highest BCUT2D eigenvalue weighted by Gasteiger charge is 2.14. The number of nitrogens with one attached hydrogen (secondary N) is 2. The van der Waals surface area contributed by atoms with Crippen LogP contribution in [0.3, 0.4) is 0 Å². The van der Waals surface area contributed by atoms with Crippen molar-refractivity contribution in [1.82, 2.24) is 9.97 Å². The molecule has 1 heterocycles. The topological polar surface area (TPSA) is 127 Å². The SMILES string of the molecule is CC(Nc1ncnc2c(C(N)=O)cccc12)c1cccc(NS(C)(=O)=O)c1. The third kappa shape index (κ3) is 4.32. The lowest BCUT2D eigenvalue weighted by Crippen LogP contribution is -2.13. The van der Waals surface area contributed by atoms with Gasteiger partial charge < -0.3 is 11.1 Å². The zero-order valence-electron chi connectivity index (χ0n) is 14.8. The second-order valence-electron chi connectivity index (χ2n) is 6.15. The number of rotatable bonds is 6. The molecule has 1 unspecified atom stereocenters. The van der Waals surface area contributed by atoms with Gasteiger partial charge in [-0.15, -0.1) is 0 Å². The molecular formula is C18H19N5O3S. The third-order valence-electron chi connectivity index (χ3n) is 3.97. The number of anilines is 2. The maximum absolute atomic E-state index is 11.6. The molecule has 1 amide bonds. The number of nitrogens with two attached hydrogens (primary N) is 1. The Bertz CT molecular complexity index is 1110. The summed E-state index contributed by atoms with van der Waals surface area (Å²) in [5.41, 5.74) is 7.55. The smallest absolute Gasteiger partial charge is 0.250 e. The van der Waals surface area contributed by atoms with Crippen molar-refractivity contribution < 1.29 is 13.2 Å². The number of primary amides is 1. The fourth-order valence-electron chi connectivity index (χ4n) is 2.78. The Morgan fingerprint density at radius 2 is 1.89 bits per heavy atom. The standard InChI is InChI=1S/C18H19N5O3S/c1-11(12-5-3-6-13(9-12)23-27(2,25)26)22-18-15-8-4-7-14(17(19)24)16(15)20-10-21-18/h3-11,23H,1-2H3,(H2,19,24)(H,20,21,22). The van der Waals surface area contributed by atoms with E-state index in [0.717, 1.165) is 11.8 Å². The first-order chi connectivity index (χ1) is 12.7. The highest BCUT2D eigenvalue weighted by molar-refractivity contribution is 7.92. The van der Waals surface area contributed by atoms with Crippen LogP contribution in [-0.2, 0) is 10.0 Å². The van der Waals surface area contributed by atoms with Crippen molar-refractivity contribution >= 4 is 38.3 Å². The summed E-state index contributed by atoms with van der Waals surface area (Å²) in [5, 5.41) is 3.95. The number of fused-ring (bicyclic) bond motifs is 1. The predicted molar refractivity (Wildman–Crippen MR) is 105 cm³/mol. The maximum Gasteiger partial charge on any atom is 0.250 e. The van der Waals surface area contributed by atoms with Crippen molar-refractivity contribution in [2.24, 2.45) is 5.73 Å². The molecule has 0 bridgehead atoms. The van der Waals surface area contributed by atoms with Crippen LogP contribution in [-0.4, -0.2) is 30.5 Å². The third-order valence-corrected chi connectivity index (χ3v) is 4.58. The summed E-state index contributed by atoms with van der Waals surface area (Å²) in [6.07, 6.45) is 2.47. The van der Waals surface area contributed by atoms with Crippen molar-refractivity contribution in [2.45, 2.75) is 13.0 Å². The van der Waals surface area contributed by atoms with Crippen molar-refractivity contribution in [3.05, 3.63) is 59.9 Å². The van der Waals surface area contributed by atoms with Gasteiger partial charge >= 0.3 is 0 Å². The van der Waals surface area contributed by atoms with E-state index in [1.165, 1.54) is 6.33 Å². The molecule has 0 spiro atoms. The summed E-state index contributed by atoms with van der Waals surface area (Å²) in [5.74, 6) is -0.00470. The number of sulfonamides is 1. The zero-order valence-corrected chi connectivity index (χ0v) is 15.6. The van der Waals surface area contributed by atoms with Gasteiger partial charge in [0.1, 0.15) is 12.1 Å². The summed E-state index contributed by atoms with van der Waals surface area (Å²) in [6, 6.07) is 12.0. The van der Waals surface area contributed by atoms with Gasteiger partial charge in [-0.2, -0.15) is 0 Å². The molecule has 0 saturated heterocycles. The number of hydrogen-bond donors (Lipinski definition) is 3. The molecule has 8 nitrogen and oxygen atoms in total. The molecule has 4 N–H and O–H groups in total. The second-order valence-corrected chi connectivity index (χ2v) is 7.90. The Kier molecular flexibility index (Phi) is 4.95. The lowest BCUT2D eigenvalue weighted by molar-refractivity contribution is 0.100. The van der Waals surface area contributed by atoms with Crippen molar-refractivity contribution in [3.8, 4) is 0 Å². The first kappa shape index (κ1) is 18.6. The van der Waals surface area contributed by atoms with Crippen LogP contribution in [0.5, 0.6) is 0 Å². The minimum atomic E-state index is -3.36. The van der Waals surface area contributed by atoms with Crippen LogP contribution in [0.25, 0.3) is 10.9 Å². The highest BCUT2D eigenvalue weighted by Crippen LogP contribution is 2.26. The molecule has 27 heavy (non-hydrogen) atoms. The van der Waals surface area contributed by atoms with Crippen LogP contribution in [0.2, 0.25) is 0 Å². The lowest BCUT2D eigenvalue weighted by Gasteiger charge is -2.17. The fraction of sp³-hybridized carbons (Fsp3) is 0.167. The number of carbonyl (C=O) groups excluding carboxylic acids is 1. The molecule has 0 aliphatic rings. The van der Waals surface area contributed by atoms with E-state index in [4.69, 9.17) is 5.73 Å². The van der Waals surface area contributed by atoms with Gasteiger partial charge in [-0.1, -0.05) is 18.2 Å². The van der Waals surface area contributed by atoms with E-state index in [2.05, 4.69) is 20.0 Å². The number of benzene rings is 2. The Hall–Kier alpha value is -3.20. The van der Waals surface area contributed by atoms with E-state index in [9.17, 15) is 13.2 Å². The quantitative estimate of drug-likeness (QED) is 0.597. The Labute approximate surface area is 156 Å². The van der Waals surface area contributed by atoms with Crippen LogP contribution >= 0.6 is 0 Å². The molecule has 140 valence electrons. The van der Waals surface area contributed by atoms with Crippen LogP contribution < -0.4 is 15.8 Å². The van der Waals surface area contributed by atoms with Crippen LogP contribution in [0.1, 0.15) is 28.9 Å². The molecule has 3 aromatic rings. The first-order valence-electron chi connectivity index (χ1n) is 8.12. The van der Waals surface area contributed by atoms with Gasteiger partial charge in [-0.05, 0) is 36.8 Å². The minimum Gasteiger partial charge on any atom is -0.366 e. The summed E-state index contributed by atoms with van der Waals surface area (Å²) < 4.78 is 25.3. The molecule has 0 aliphatic carbocycles. The average molecular weight is 385 g/mol. The molecule has 1 atom stereocenters. The lowest BCUT2D eigenvalue weighted by atomic mass is 10.1. The van der Waals surface area contributed by atoms with E-state index in [0.29, 0.717) is 28.0 Å². The molecule has 0 aliphatic heterocycles. The normalized spacial score (nSPS) is 12.5. The molecule has 0 fully saturated rings. The molecular weight excluding hydrogens is 366 g/mol. The average Bonchev–Trinajstić information content (AvgIpc) is 2.60. The van der Waals surface area contributed by atoms with Crippen molar-refractivity contribution in [1.29, 1.82) is 0 Å². The molecule has 2 aromatic carbocycles. The van der Waals surface area contributed by atoms with Gasteiger partial charge in [0.05, 0.1) is 23.4 Å². The van der Waals surface area contributed by atoms with E-state index >= 15 is 0 Å². The molecule has 1 aromatic heterocycles. The fourth-order valence-corrected chi connectivity index (χ4v) is 3.33. The number of aromatic nitrogens is 2. The molecule has 0 saturated carbocycles. The molecule has 3 rings (SSSR count). The van der Waals surface area contributed by atoms with E-state index in [-0.39, 0.29) is 6.04 Å². The number of para-hydroxylation sites is 1. The zero-order chi connectivity index (χ0) is 19.6. The van der Waals surface area contributed by atoms with Gasteiger partial charge in [0.2, 0.25) is 10.0 Å². The molecule has 0 radical (unpaired) electrons. The van der Waals surface area contributed by atoms with Crippen LogP contribution in [0.4, 0.5) is 11.5 Å². The maximum atomic E-state index is 11.6. The van der Waals surface area contributed by atoms with E-state index in [1.54, 1.807) is 36.4 Å². The first-order valence-corrected chi connectivity index (χ1v) is 10.0. The number of hydrogen-bond acceptors (Lipinski definition) is 6. The summed E-state index contributed by atoms with van der Waals surface area (Å²) in [7, 11) is -3.36.